The highest BCUT2D eigenvalue weighted by Crippen LogP contribution is 2.33. The Hall–Kier alpha value is -3.05. The zero-order valence-electron chi connectivity index (χ0n) is 17.8. The second-order valence-electron chi connectivity index (χ2n) is 7.99. The number of nitrogens with zero attached hydrogens (tertiary/aromatic N) is 1. The predicted octanol–water partition coefficient (Wildman–Crippen LogP) is 5.25. The van der Waals surface area contributed by atoms with Crippen LogP contribution in [0.3, 0.4) is 0 Å². The maximum atomic E-state index is 12.9. The standard InChI is InChI=1S/C26H26N2O2S/c1-26(25(30)27-22-12-14-23(31-2)15-13-22)16-17-28(26)24(29)18-19-8-10-21(11-9-19)20-6-4-3-5-7-20/h3-15H,16-18H2,1-2H3,(H,27,30). The van der Waals surface area contributed by atoms with Gasteiger partial charge in [0.1, 0.15) is 5.54 Å². The zero-order chi connectivity index (χ0) is 21.8. The van der Waals surface area contributed by atoms with Crippen molar-refractivity contribution in [3.8, 4) is 11.1 Å². The Bertz CT molecular complexity index is 1060. The molecule has 5 heteroatoms. The number of carbonyl (C=O) groups is 2. The van der Waals surface area contributed by atoms with Crippen molar-refractivity contribution in [2.24, 2.45) is 0 Å². The van der Waals surface area contributed by atoms with E-state index in [0.29, 0.717) is 19.4 Å². The largest absolute Gasteiger partial charge is 0.328 e. The third-order valence-corrected chi connectivity index (χ3v) is 6.72. The number of carbonyl (C=O) groups excluding carboxylic acids is 2. The highest BCUT2D eigenvalue weighted by Gasteiger charge is 2.49. The molecule has 1 aliphatic heterocycles. The summed E-state index contributed by atoms with van der Waals surface area (Å²) in [5.41, 5.74) is 3.17. The fourth-order valence-electron chi connectivity index (χ4n) is 3.85. The van der Waals surface area contributed by atoms with Crippen molar-refractivity contribution in [1.29, 1.82) is 0 Å². The molecule has 0 bridgehead atoms. The van der Waals surface area contributed by atoms with Crippen LogP contribution in [0.1, 0.15) is 18.9 Å². The quantitative estimate of drug-likeness (QED) is 0.544. The van der Waals surface area contributed by atoms with Crippen molar-refractivity contribution in [2.75, 3.05) is 18.1 Å². The Labute approximate surface area is 187 Å². The first-order chi connectivity index (χ1) is 15.0. The summed E-state index contributed by atoms with van der Waals surface area (Å²) in [6.45, 7) is 2.45. The number of hydrogen-bond acceptors (Lipinski definition) is 3. The van der Waals surface area contributed by atoms with Crippen LogP contribution in [0.25, 0.3) is 11.1 Å². The number of hydrogen-bond donors (Lipinski definition) is 1. The van der Waals surface area contributed by atoms with Crippen LogP contribution in [0, 0.1) is 0 Å². The predicted molar refractivity (Wildman–Crippen MR) is 127 cm³/mol. The van der Waals surface area contributed by atoms with Gasteiger partial charge in [0, 0.05) is 17.1 Å². The molecule has 3 aromatic rings. The SMILES string of the molecule is CSc1ccc(NC(=O)C2(C)CCN2C(=O)Cc2ccc(-c3ccccc3)cc2)cc1. The molecule has 2 amide bonds. The van der Waals surface area contributed by atoms with Crippen LogP contribution in [0.15, 0.2) is 83.8 Å². The molecule has 158 valence electrons. The summed E-state index contributed by atoms with van der Waals surface area (Å²) in [6, 6.07) is 26.0. The van der Waals surface area contributed by atoms with E-state index in [1.807, 2.05) is 79.9 Å². The van der Waals surface area contributed by atoms with E-state index < -0.39 is 5.54 Å². The van der Waals surface area contributed by atoms with Gasteiger partial charge in [-0.2, -0.15) is 0 Å². The highest BCUT2D eigenvalue weighted by molar-refractivity contribution is 7.98. The number of benzene rings is 3. The van der Waals surface area contributed by atoms with E-state index in [4.69, 9.17) is 0 Å². The molecular weight excluding hydrogens is 404 g/mol. The zero-order valence-corrected chi connectivity index (χ0v) is 18.6. The van der Waals surface area contributed by atoms with Crippen LogP contribution in [-0.4, -0.2) is 35.1 Å². The lowest BCUT2D eigenvalue weighted by Gasteiger charge is -2.49. The summed E-state index contributed by atoms with van der Waals surface area (Å²) in [7, 11) is 0. The van der Waals surface area contributed by atoms with E-state index in [1.54, 1.807) is 16.7 Å². The molecule has 4 rings (SSSR count). The van der Waals surface area contributed by atoms with Crippen molar-refractivity contribution in [3.05, 3.63) is 84.4 Å². The Morgan fingerprint density at radius 2 is 1.58 bits per heavy atom. The molecule has 3 aromatic carbocycles. The van der Waals surface area contributed by atoms with Crippen LogP contribution in [-0.2, 0) is 16.0 Å². The number of nitrogens with one attached hydrogen (secondary N) is 1. The average Bonchev–Trinajstić information content (AvgIpc) is 2.79. The number of anilines is 1. The molecule has 4 nitrogen and oxygen atoms in total. The molecule has 0 aromatic heterocycles. The third kappa shape index (κ3) is 4.52. The molecule has 0 saturated carbocycles. The molecule has 1 fully saturated rings. The molecular formula is C26H26N2O2S. The summed E-state index contributed by atoms with van der Waals surface area (Å²) in [5.74, 6) is -0.155. The van der Waals surface area contributed by atoms with Gasteiger partial charge in [-0.25, -0.2) is 0 Å². The van der Waals surface area contributed by atoms with Crippen LogP contribution in [0.2, 0.25) is 0 Å². The maximum absolute atomic E-state index is 12.9. The van der Waals surface area contributed by atoms with Gasteiger partial charge in [-0.05, 0) is 60.6 Å². The summed E-state index contributed by atoms with van der Waals surface area (Å²) < 4.78 is 0. The van der Waals surface area contributed by atoms with E-state index >= 15 is 0 Å². The van der Waals surface area contributed by atoms with Crippen LogP contribution in [0.5, 0.6) is 0 Å². The van der Waals surface area contributed by atoms with Crippen molar-refractivity contribution in [3.63, 3.8) is 0 Å². The Morgan fingerprint density at radius 1 is 0.935 bits per heavy atom. The molecule has 31 heavy (non-hydrogen) atoms. The third-order valence-electron chi connectivity index (χ3n) is 5.97. The molecule has 0 spiro atoms. The summed E-state index contributed by atoms with van der Waals surface area (Å²) >= 11 is 1.66. The van der Waals surface area contributed by atoms with E-state index in [2.05, 4.69) is 17.4 Å². The van der Waals surface area contributed by atoms with Gasteiger partial charge >= 0.3 is 0 Å². The fraction of sp³-hybridized carbons (Fsp3) is 0.231. The minimum absolute atomic E-state index is 0.0194. The summed E-state index contributed by atoms with van der Waals surface area (Å²) in [4.78, 5) is 28.7. The van der Waals surface area contributed by atoms with Gasteiger partial charge in [-0.15, -0.1) is 11.8 Å². The van der Waals surface area contributed by atoms with E-state index in [9.17, 15) is 9.59 Å². The minimum Gasteiger partial charge on any atom is -0.328 e. The number of rotatable bonds is 6. The van der Waals surface area contributed by atoms with Gasteiger partial charge in [0.25, 0.3) is 0 Å². The monoisotopic (exact) mass is 430 g/mol. The van der Waals surface area contributed by atoms with Crippen LogP contribution in [0.4, 0.5) is 5.69 Å². The maximum Gasteiger partial charge on any atom is 0.250 e. The molecule has 0 radical (unpaired) electrons. The van der Waals surface area contributed by atoms with Gasteiger partial charge in [0.15, 0.2) is 0 Å². The summed E-state index contributed by atoms with van der Waals surface area (Å²) in [5, 5.41) is 2.97. The normalized spacial score (nSPS) is 17.7. The van der Waals surface area contributed by atoms with E-state index in [0.717, 1.165) is 27.3 Å². The smallest absolute Gasteiger partial charge is 0.250 e. The molecule has 1 unspecified atom stereocenters. The van der Waals surface area contributed by atoms with Crippen molar-refractivity contribution in [2.45, 2.75) is 30.2 Å². The lowest BCUT2D eigenvalue weighted by atomic mass is 9.84. The molecule has 1 atom stereocenters. The van der Waals surface area contributed by atoms with Crippen LogP contribution < -0.4 is 5.32 Å². The number of thioether (sulfide) groups is 1. The van der Waals surface area contributed by atoms with Gasteiger partial charge in [0.05, 0.1) is 6.42 Å². The lowest BCUT2D eigenvalue weighted by Crippen LogP contribution is -2.66. The van der Waals surface area contributed by atoms with Gasteiger partial charge in [-0.3, -0.25) is 9.59 Å². The Balaban J connectivity index is 1.39. The second kappa shape index (κ2) is 8.98. The van der Waals surface area contributed by atoms with Crippen molar-refractivity contribution in [1.82, 2.24) is 4.90 Å². The minimum atomic E-state index is -0.806. The number of likely N-dealkylation sites (tertiary alicyclic amines) is 1. The highest BCUT2D eigenvalue weighted by atomic mass is 32.2. The molecule has 1 N–H and O–H groups in total. The Morgan fingerprint density at radius 3 is 2.16 bits per heavy atom. The van der Waals surface area contributed by atoms with Gasteiger partial charge < -0.3 is 10.2 Å². The topological polar surface area (TPSA) is 49.4 Å². The first kappa shape index (κ1) is 21.2. The van der Waals surface area contributed by atoms with Crippen molar-refractivity contribution < 1.29 is 9.59 Å². The number of amides is 2. The molecule has 1 aliphatic rings. The van der Waals surface area contributed by atoms with E-state index in [1.165, 1.54) is 0 Å². The van der Waals surface area contributed by atoms with Crippen LogP contribution >= 0.6 is 11.8 Å². The van der Waals surface area contributed by atoms with Gasteiger partial charge in [0.2, 0.25) is 11.8 Å². The molecule has 0 aliphatic carbocycles. The second-order valence-corrected chi connectivity index (χ2v) is 8.87. The first-order valence-corrected chi connectivity index (χ1v) is 11.6. The first-order valence-electron chi connectivity index (χ1n) is 10.4. The fourth-order valence-corrected chi connectivity index (χ4v) is 4.26. The van der Waals surface area contributed by atoms with Gasteiger partial charge in [-0.1, -0.05) is 54.6 Å². The van der Waals surface area contributed by atoms with E-state index in [-0.39, 0.29) is 11.8 Å². The molecule has 1 heterocycles. The molecule has 1 saturated heterocycles. The Kier molecular flexibility index (Phi) is 6.14. The lowest BCUT2D eigenvalue weighted by molar-refractivity contribution is -0.154. The summed E-state index contributed by atoms with van der Waals surface area (Å²) in [6.07, 6.45) is 2.97. The average molecular weight is 431 g/mol. The van der Waals surface area contributed by atoms with Crippen molar-refractivity contribution >= 4 is 29.3 Å².